The Balaban J connectivity index is 1.79. The Labute approximate surface area is 138 Å². The first-order valence-corrected chi connectivity index (χ1v) is 8.52. The van der Waals surface area contributed by atoms with Gasteiger partial charge >= 0.3 is 0 Å². The van der Waals surface area contributed by atoms with E-state index >= 15 is 0 Å². The standard InChI is InChI=1S/C22H23N/c1-22(18-10-3-2-4-11-18)15-8-7-13-20(22)21-19-12-6-5-9-17(19)14-16-23-21/h2-13,15,20-21,23H,14,16H2,1H3. The van der Waals surface area contributed by atoms with E-state index in [0.29, 0.717) is 12.0 Å². The molecule has 1 nitrogen and oxygen atoms in total. The van der Waals surface area contributed by atoms with Gasteiger partial charge in [-0.05, 0) is 29.7 Å². The van der Waals surface area contributed by atoms with Crippen molar-refractivity contribution in [2.45, 2.75) is 24.8 Å². The highest BCUT2D eigenvalue weighted by atomic mass is 14.9. The minimum Gasteiger partial charge on any atom is -0.309 e. The predicted octanol–water partition coefficient (Wildman–Crippen LogP) is 4.57. The topological polar surface area (TPSA) is 12.0 Å². The Bertz CT molecular complexity index is 744. The second-order valence-corrected chi connectivity index (χ2v) is 6.80. The molecule has 0 fully saturated rings. The van der Waals surface area contributed by atoms with Crippen LogP contribution in [0, 0.1) is 5.92 Å². The first-order chi connectivity index (χ1) is 11.3. The quantitative estimate of drug-likeness (QED) is 0.856. The van der Waals surface area contributed by atoms with Crippen LogP contribution in [0.4, 0.5) is 0 Å². The van der Waals surface area contributed by atoms with Crippen LogP contribution in [0.1, 0.15) is 29.7 Å². The number of fused-ring (bicyclic) bond motifs is 1. The van der Waals surface area contributed by atoms with Gasteiger partial charge in [0.05, 0.1) is 0 Å². The van der Waals surface area contributed by atoms with Crippen molar-refractivity contribution in [3.8, 4) is 0 Å². The SMILES string of the molecule is CC1(c2ccccc2)C=CC=CC1C1NCCc2ccccc21. The molecule has 116 valence electrons. The van der Waals surface area contributed by atoms with E-state index in [4.69, 9.17) is 0 Å². The number of nitrogens with one attached hydrogen (secondary N) is 1. The molecule has 0 bridgehead atoms. The number of rotatable bonds is 2. The van der Waals surface area contributed by atoms with Crippen LogP contribution in [0.5, 0.6) is 0 Å². The van der Waals surface area contributed by atoms with Gasteiger partial charge in [-0.1, -0.05) is 85.8 Å². The van der Waals surface area contributed by atoms with Gasteiger partial charge in [-0.25, -0.2) is 0 Å². The smallest absolute Gasteiger partial charge is 0.0398 e. The maximum atomic E-state index is 3.78. The zero-order valence-electron chi connectivity index (χ0n) is 13.6. The van der Waals surface area contributed by atoms with Crippen LogP contribution >= 0.6 is 0 Å². The molecule has 3 atom stereocenters. The molecular weight excluding hydrogens is 278 g/mol. The summed E-state index contributed by atoms with van der Waals surface area (Å²) < 4.78 is 0. The maximum Gasteiger partial charge on any atom is 0.0398 e. The molecule has 4 rings (SSSR count). The maximum absolute atomic E-state index is 3.78. The van der Waals surface area contributed by atoms with Gasteiger partial charge in [-0.3, -0.25) is 0 Å². The van der Waals surface area contributed by atoms with E-state index < -0.39 is 0 Å². The van der Waals surface area contributed by atoms with Gasteiger partial charge in [0.2, 0.25) is 0 Å². The molecule has 3 unspecified atom stereocenters. The molecule has 2 aromatic rings. The van der Waals surface area contributed by atoms with Crippen LogP contribution in [0.2, 0.25) is 0 Å². The molecule has 0 amide bonds. The fourth-order valence-electron chi connectivity index (χ4n) is 4.15. The van der Waals surface area contributed by atoms with E-state index in [1.807, 2.05) is 0 Å². The summed E-state index contributed by atoms with van der Waals surface area (Å²) in [6, 6.07) is 20.2. The van der Waals surface area contributed by atoms with E-state index in [1.165, 1.54) is 16.7 Å². The van der Waals surface area contributed by atoms with Crippen LogP contribution in [0.25, 0.3) is 0 Å². The van der Waals surface area contributed by atoms with E-state index in [0.717, 1.165) is 13.0 Å². The van der Waals surface area contributed by atoms with Crippen molar-refractivity contribution in [2.24, 2.45) is 5.92 Å². The van der Waals surface area contributed by atoms with Gasteiger partial charge in [-0.15, -0.1) is 0 Å². The van der Waals surface area contributed by atoms with Gasteiger partial charge in [-0.2, -0.15) is 0 Å². The van der Waals surface area contributed by atoms with Crippen LogP contribution in [-0.2, 0) is 11.8 Å². The normalized spacial score (nSPS) is 29.3. The lowest BCUT2D eigenvalue weighted by molar-refractivity contribution is 0.306. The summed E-state index contributed by atoms with van der Waals surface area (Å²) in [5.74, 6) is 0.413. The van der Waals surface area contributed by atoms with Crippen molar-refractivity contribution in [1.82, 2.24) is 5.32 Å². The third kappa shape index (κ3) is 2.46. The van der Waals surface area contributed by atoms with Crippen molar-refractivity contribution < 1.29 is 0 Å². The molecule has 2 aromatic carbocycles. The minimum absolute atomic E-state index is 0.0120. The van der Waals surface area contributed by atoms with Crippen LogP contribution in [0.3, 0.4) is 0 Å². The van der Waals surface area contributed by atoms with Crippen molar-refractivity contribution >= 4 is 0 Å². The summed E-state index contributed by atoms with van der Waals surface area (Å²) in [6.45, 7) is 3.42. The van der Waals surface area contributed by atoms with E-state index in [9.17, 15) is 0 Å². The number of allylic oxidation sites excluding steroid dienone is 3. The molecule has 0 radical (unpaired) electrons. The Morgan fingerprint density at radius 1 is 0.957 bits per heavy atom. The summed E-state index contributed by atoms with van der Waals surface area (Å²) >= 11 is 0. The van der Waals surface area contributed by atoms with Crippen LogP contribution < -0.4 is 5.32 Å². The fourth-order valence-corrected chi connectivity index (χ4v) is 4.15. The summed E-state index contributed by atoms with van der Waals surface area (Å²) in [7, 11) is 0. The summed E-state index contributed by atoms with van der Waals surface area (Å²) in [6.07, 6.45) is 10.3. The summed E-state index contributed by atoms with van der Waals surface area (Å²) in [5, 5.41) is 3.78. The Morgan fingerprint density at radius 2 is 1.74 bits per heavy atom. The molecular formula is C22H23N. The minimum atomic E-state index is 0.0120. The van der Waals surface area contributed by atoms with Gasteiger partial charge in [0.15, 0.2) is 0 Å². The number of hydrogen-bond acceptors (Lipinski definition) is 1. The molecule has 2 aliphatic rings. The summed E-state index contributed by atoms with van der Waals surface area (Å²) in [4.78, 5) is 0. The molecule has 1 heteroatoms. The highest BCUT2D eigenvalue weighted by Gasteiger charge is 2.40. The van der Waals surface area contributed by atoms with Crippen molar-refractivity contribution in [2.75, 3.05) is 6.54 Å². The van der Waals surface area contributed by atoms with Gasteiger partial charge < -0.3 is 5.32 Å². The zero-order valence-corrected chi connectivity index (χ0v) is 13.6. The van der Waals surface area contributed by atoms with Gasteiger partial charge in [0.25, 0.3) is 0 Å². The average Bonchev–Trinajstić information content (AvgIpc) is 2.62. The number of benzene rings is 2. The lowest BCUT2D eigenvalue weighted by atomic mass is 9.65. The average molecular weight is 301 g/mol. The summed E-state index contributed by atoms with van der Waals surface area (Å²) in [5.41, 5.74) is 4.36. The number of hydrogen-bond donors (Lipinski definition) is 1. The Kier molecular flexibility index (Phi) is 3.66. The molecule has 1 aliphatic carbocycles. The monoisotopic (exact) mass is 301 g/mol. The molecule has 0 saturated carbocycles. The van der Waals surface area contributed by atoms with E-state index in [2.05, 4.69) is 91.1 Å². The zero-order chi connectivity index (χ0) is 15.7. The van der Waals surface area contributed by atoms with E-state index in [1.54, 1.807) is 0 Å². The second-order valence-electron chi connectivity index (χ2n) is 6.80. The van der Waals surface area contributed by atoms with Crippen LogP contribution in [-0.4, -0.2) is 6.54 Å². The molecule has 0 spiro atoms. The van der Waals surface area contributed by atoms with Crippen molar-refractivity contribution in [3.63, 3.8) is 0 Å². The lowest BCUT2D eigenvalue weighted by Gasteiger charge is -2.43. The Morgan fingerprint density at radius 3 is 2.61 bits per heavy atom. The Hall–Kier alpha value is -2.12. The molecule has 0 aromatic heterocycles. The first kappa shape index (κ1) is 14.5. The van der Waals surface area contributed by atoms with Gasteiger partial charge in [0, 0.05) is 17.4 Å². The predicted molar refractivity (Wildman–Crippen MR) is 96.5 cm³/mol. The fraction of sp³-hybridized carbons (Fsp3) is 0.273. The van der Waals surface area contributed by atoms with Gasteiger partial charge in [0.1, 0.15) is 0 Å². The third-order valence-electron chi connectivity index (χ3n) is 5.47. The highest BCUT2D eigenvalue weighted by molar-refractivity contribution is 5.41. The molecule has 1 N–H and O–H groups in total. The lowest BCUT2D eigenvalue weighted by Crippen LogP contribution is -2.43. The molecule has 1 aliphatic heterocycles. The second kappa shape index (κ2) is 5.82. The van der Waals surface area contributed by atoms with Crippen LogP contribution in [0.15, 0.2) is 78.9 Å². The first-order valence-electron chi connectivity index (χ1n) is 8.52. The largest absolute Gasteiger partial charge is 0.309 e. The molecule has 0 saturated heterocycles. The molecule has 1 heterocycles. The molecule has 23 heavy (non-hydrogen) atoms. The van der Waals surface area contributed by atoms with E-state index in [-0.39, 0.29) is 5.41 Å². The van der Waals surface area contributed by atoms with Crippen molar-refractivity contribution in [3.05, 3.63) is 95.6 Å². The highest BCUT2D eigenvalue weighted by Crippen LogP contribution is 2.44. The van der Waals surface area contributed by atoms with Crippen molar-refractivity contribution in [1.29, 1.82) is 0 Å². The third-order valence-corrected chi connectivity index (χ3v) is 5.47.